The number of carbonyl (C=O) groups excluding carboxylic acids is 1. The Morgan fingerprint density at radius 3 is 2.65 bits per heavy atom. The minimum atomic E-state index is -3.72. The van der Waals surface area contributed by atoms with Crippen LogP contribution in [-0.2, 0) is 14.8 Å². The van der Waals surface area contributed by atoms with Crippen molar-refractivity contribution in [2.75, 3.05) is 22.4 Å². The summed E-state index contributed by atoms with van der Waals surface area (Å²) in [6.07, 6.45) is -0.250. The molecule has 6 nitrogen and oxygen atoms in total. The highest BCUT2D eigenvalue weighted by molar-refractivity contribution is 7.92. The van der Waals surface area contributed by atoms with E-state index in [0.717, 1.165) is 22.7 Å². The molecule has 0 aromatic heterocycles. The van der Waals surface area contributed by atoms with Crippen LogP contribution in [0.5, 0.6) is 5.75 Å². The average Bonchev–Trinajstić information content (AvgIpc) is 2.55. The van der Waals surface area contributed by atoms with Gasteiger partial charge in [0.1, 0.15) is 17.4 Å². The van der Waals surface area contributed by atoms with E-state index in [2.05, 4.69) is 5.32 Å². The SMILES string of the molecule is CS(=O)(=O)N1CC(C(=O)Nc2ccc(F)cc2F)Oc2ccc(Cl)cc21. The summed E-state index contributed by atoms with van der Waals surface area (Å²) < 4.78 is 57.3. The number of benzene rings is 2. The van der Waals surface area contributed by atoms with Gasteiger partial charge < -0.3 is 10.1 Å². The van der Waals surface area contributed by atoms with Crippen molar-refractivity contribution in [1.82, 2.24) is 0 Å². The lowest BCUT2D eigenvalue weighted by Crippen LogP contribution is -2.48. The first kappa shape index (κ1) is 18.4. The fourth-order valence-electron chi connectivity index (χ4n) is 2.48. The van der Waals surface area contributed by atoms with Crippen molar-refractivity contribution in [2.45, 2.75) is 6.10 Å². The smallest absolute Gasteiger partial charge is 0.267 e. The van der Waals surface area contributed by atoms with Gasteiger partial charge in [0, 0.05) is 11.1 Å². The van der Waals surface area contributed by atoms with E-state index in [4.69, 9.17) is 16.3 Å². The number of halogens is 3. The predicted octanol–water partition coefficient (Wildman–Crippen LogP) is 2.78. The van der Waals surface area contributed by atoms with Crippen LogP contribution in [0.3, 0.4) is 0 Å². The van der Waals surface area contributed by atoms with Crippen LogP contribution >= 0.6 is 11.6 Å². The van der Waals surface area contributed by atoms with Gasteiger partial charge in [0.25, 0.3) is 5.91 Å². The van der Waals surface area contributed by atoms with Crippen LogP contribution in [-0.4, -0.2) is 33.2 Å². The van der Waals surface area contributed by atoms with Crippen LogP contribution in [0.4, 0.5) is 20.2 Å². The molecule has 26 heavy (non-hydrogen) atoms. The number of rotatable bonds is 3. The lowest BCUT2D eigenvalue weighted by atomic mass is 10.2. The molecule has 1 N–H and O–H groups in total. The summed E-state index contributed by atoms with van der Waals surface area (Å²) in [4.78, 5) is 12.4. The molecule has 0 spiro atoms. The van der Waals surface area contributed by atoms with Crippen molar-refractivity contribution in [3.63, 3.8) is 0 Å². The van der Waals surface area contributed by atoms with Crippen molar-refractivity contribution in [2.24, 2.45) is 0 Å². The Morgan fingerprint density at radius 2 is 2.00 bits per heavy atom. The number of nitrogens with zero attached hydrogens (tertiary/aromatic N) is 1. The van der Waals surface area contributed by atoms with Crippen molar-refractivity contribution in [3.05, 3.63) is 53.1 Å². The molecule has 0 saturated heterocycles. The van der Waals surface area contributed by atoms with Gasteiger partial charge in [-0.05, 0) is 30.3 Å². The number of nitrogens with one attached hydrogen (secondary N) is 1. The summed E-state index contributed by atoms with van der Waals surface area (Å²) in [7, 11) is -3.72. The third-order valence-corrected chi connectivity index (χ3v) is 5.05. The maximum absolute atomic E-state index is 13.7. The molecular formula is C16H13ClF2N2O4S. The summed E-state index contributed by atoms with van der Waals surface area (Å²) in [6, 6.07) is 7.01. The van der Waals surface area contributed by atoms with Gasteiger partial charge in [-0.25, -0.2) is 17.2 Å². The van der Waals surface area contributed by atoms with Crippen LogP contribution in [0.2, 0.25) is 5.02 Å². The van der Waals surface area contributed by atoms with Gasteiger partial charge in [0.05, 0.1) is 24.2 Å². The molecule has 0 saturated carbocycles. The van der Waals surface area contributed by atoms with E-state index in [9.17, 15) is 22.0 Å². The Balaban J connectivity index is 1.89. The Bertz CT molecular complexity index is 984. The Kier molecular flexibility index (Phi) is 4.76. The van der Waals surface area contributed by atoms with Gasteiger partial charge in [0.15, 0.2) is 6.10 Å². The fraction of sp³-hybridized carbons (Fsp3) is 0.188. The van der Waals surface area contributed by atoms with Gasteiger partial charge in [-0.2, -0.15) is 0 Å². The second-order valence-corrected chi connectivity index (χ2v) is 7.97. The number of hydrogen-bond acceptors (Lipinski definition) is 4. The quantitative estimate of drug-likeness (QED) is 0.856. The molecule has 1 amide bonds. The van der Waals surface area contributed by atoms with E-state index >= 15 is 0 Å². The molecule has 0 fully saturated rings. The molecule has 2 aromatic rings. The van der Waals surface area contributed by atoms with Gasteiger partial charge in [0.2, 0.25) is 10.0 Å². The Labute approximate surface area is 153 Å². The van der Waals surface area contributed by atoms with Gasteiger partial charge in [-0.1, -0.05) is 11.6 Å². The standard InChI is InChI=1S/C16H13ClF2N2O4S/c1-26(23,24)21-8-15(25-14-5-2-9(17)6-13(14)21)16(22)20-12-4-3-10(18)7-11(12)19/h2-7,15H,8H2,1H3,(H,20,22). The van der Waals surface area contributed by atoms with Crippen molar-refractivity contribution in [1.29, 1.82) is 0 Å². The molecule has 2 aromatic carbocycles. The molecule has 1 unspecified atom stereocenters. The molecule has 1 aliphatic heterocycles. The molecule has 0 radical (unpaired) electrons. The van der Waals surface area contributed by atoms with Crippen LogP contribution < -0.4 is 14.4 Å². The van der Waals surface area contributed by atoms with Crippen LogP contribution in [0, 0.1) is 11.6 Å². The number of amides is 1. The minimum absolute atomic E-state index is 0.144. The molecule has 0 bridgehead atoms. The zero-order valence-corrected chi connectivity index (χ0v) is 14.9. The topological polar surface area (TPSA) is 75.7 Å². The number of ether oxygens (including phenoxy) is 1. The van der Waals surface area contributed by atoms with Crippen molar-refractivity contribution >= 4 is 38.9 Å². The summed E-state index contributed by atoms with van der Waals surface area (Å²) in [5.41, 5.74) is -0.0372. The number of carbonyl (C=O) groups is 1. The fourth-order valence-corrected chi connectivity index (χ4v) is 3.55. The first-order valence-electron chi connectivity index (χ1n) is 7.35. The summed E-state index contributed by atoms with van der Waals surface area (Å²) in [5, 5.41) is 2.57. The van der Waals surface area contributed by atoms with Crippen LogP contribution in [0.15, 0.2) is 36.4 Å². The summed E-state index contributed by atoms with van der Waals surface area (Å²) in [6.45, 7) is -0.319. The van der Waals surface area contributed by atoms with Gasteiger partial charge in [-0.15, -0.1) is 0 Å². The van der Waals surface area contributed by atoms with Crippen LogP contribution in [0.1, 0.15) is 0 Å². The van der Waals surface area contributed by atoms with Crippen molar-refractivity contribution < 1.29 is 26.7 Å². The predicted molar refractivity (Wildman–Crippen MR) is 93.0 cm³/mol. The number of hydrogen-bond donors (Lipinski definition) is 1. The molecule has 138 valence electrons. The summed E-state index contributed by atoms with van der Waals surface area (Å²) in [5.74, 6) is -2.37. The molecule has 3 rings (SSSR count). The van der Waals surface area contributed by atoms with E-state index in [-0.39, 0.29) is 23.7 Å². The van der Waals surface area contributed by atoms with E-state index in [1.54, 1.807) is 0 Å². The third-order valence-electron chi connectivity index (χ3n) is 3.67. The van der Waals surface area contributed by atoms with Gasteiger partial charge in [-0.3, -0.25) is 9.10 Å². The van der Waals surface area contributed by atoms with E-state index < -0.39 is 33.7 Å². The monoisotopic (exact) mass is 402 g/mol. The lowest BCUT2D eigenvalue weighted by molar-refractivity contribution is -0.122. The normalized spacial score (nSPS) is 16.6. The van der Waals surface area contributed by atoms with E-state index in [1.807, 2.05) is 0 Å². The van der Waals surface area contributed by atoms with E-state index in [0.29, 0.717) is 11.1 Å². The first-order valence-corrected chi connectivity index (χ1v) is 9.57. The number of fused-ring (bicyclic) bond motifs is 1. The molecule has 0 aliphatic carbocycles. The lowest BCUT2D eigenvalue weighted by Gasteiger charge is -2.34. The molecule has 1 atom stereocenters. The third kappa shape index (κ3) is 3.73. The number of sulfonamides is 1. The zero-order chi connectivity index (χ0) is 19.1. The Morgan fingerprint density at radius 1 is 1.27 bits per heavy atom. The van der Waals surface area contributed by atoms with E-state index in [1.165, 1.54) is 18.2 Å². The highest BCUT2D eigenvalue weighted by atomic mass is 35.5. The van der Waals surface area contributed by atoms with Crippen LogP contribution in [0.25, 0.3) is 0 Å². The molecular weight excluding hydrogens is 390 g/mol. The highest BCUT2D eigenvalue weighted by Crippen LogP contribution is 2.37. The highest BCUT2D eigenvalue weighted by Gasteiger charge is 2.35. The van der Waals surface area contributed by atoms with Gasteiger partial charge >= 0.3 is 0 Å². The molecule has 1 aliphatic rings. The maximum Gasteiger partial charge on any atom is 0.267 e. The second kappa shape index (κ2) is 6.73. The van der Waals surface area contributed by atoms with Crippen molar-refractivity contribution in [3.8, 4) is 5.75 Å². The first-order chi connectivity index (χ1) is 12.1. The zero-order valence-electron chi connectivity index (χ0n) is 13.4. The number of anilines is 2. The Hall–Kier alpha value is -2.39. The maximum atomic E-state index is 13.7. The largest absolute Gasteiger partial charge is 0.476 e. The molecule has 1 heterocycles. The second-order valence-electron chi connectivity index (χ2n) is 5.63. The molecule has 10 heteroatoms. The minimum Gasteiger partial charge on any atom is -0.476 e. The summed E-state index contributed by atoms with van der Waals surface area (Å²) >= 11 is 5.90. The average molecular weight is 403 g/mol.